The molecule has 0 saturated carbocycles. The van der Waals surface area contributed by atoms with Gasteiger partial charge in [0.2, 0.25) is 11.6 Å². The number of amidine groups is 1. The van der Waals surface area contributed by atoms with Gasteiger partial charge in [0.25, 0.3) is 0 Å². The number of hydrogen-bond donors (Lipinski definition) is 1. The van der Waals surface area contributed by atoms with Crippen molar-refractivity contribution < 1.29 is 10.0 Å². The van der Waals surface area contributed by atoms with Gasteiger partial charge in [0.05, 0.1) is 0 Å². The first-order valence-electron chi connectivity index (χ1n) is 5.34. The van der Waals surface area contributed by atoms with Gasteiger partial charge in [-0.05, 0) is 13.8 Å². The van der Waals surface area contributed by atoms with Crippen LogP contribution in [0.25, 0.3) is 0 Å². The number of nitrogens with zero attached hydrogens (tertiary/aromatic N) is 3. The minimum absolute atomic E-state index is 0.402. The van der Waals surface area contributed by atoms with Crippen LogP contribution >= 0.6 is 0 Å². The van der Waals surface area contributed by atoms with E-state index in [1.54, 1.807) is 0 Å². The van der Waals surface area contributed by atoms with Crippen LogP contribution in [0.4, 0.5) is 0 Å². The lowest BCUT2D eigenvalue weighted by Gasteiger charge is -2.26. The van der Waals surface area contributed by atoms with Gasteiger partial charge in [0.15, 0.2) is 5.71 Å². The van der Waals surface area contributed by atoms with E-state index in [9.17, 15) is 0 Å². The molecule has 0 radical (unpaired) electrons. The largest absolute Gasteiger partial charge is 0.410 e. The first-order valence-corrected chi connectivity index (χ1v) is 5.34. The fraction of sp³-hybridized carbons (Fsp3) is 0.333. The molecule has 0 aliphatic carbocycles. The molecule has 2 rings (SSSR count). The molecule has 1 aliphatic heterocycles. The minimum atomic E-state index is -0.528. The molecule has 1 aromatic rings. The van der Waals surface area contributed by atoms with Crippen molar-refractivity contribution >= 4 is 11.5 Å². The van der Waals surface area contributed by atoms with E-state index < -0.39 is 5.72 Å². The zero-order valence-corrected chi connectivity index (χ0v) is 10.1. The smallest absolute Gasteiger partial charge is 0.205 e. The molecule has 1 heterocycles. The molecule has 1 aromatic carbocycles. The third kappa shape index (κ3) is 1.95. The Morgan fingerprint density at radius 2 is 2.00 bits per heavy atom. The van der Waals surface area contributed by atoms with Crippen LogP contribution in [-0.2, 0) is 4.84 Å². The maximum atomic E-state index is 9.15. The van der Waals surface area contributed by atoms with Gasteiger partial charge in [-0.25, -0.2) is 0 Å². The third-order valence-electron chi connectivity index (χ3n) is 2.84. The van der Waals surface area contributed by atoms with Crippen LogP contribution < -0.4 is 0 Å². The Balaban J connectivity index is 2.35. The van der Waals surface area contributed by atoms with E-state index in [0.717, 1.165) is 5.56 Å². The molecule has 0 aromatic heterocycles. The van der Waals surface area contributed by atoms with E-state index in [2.05, 4.69) is 10.3 Å². The van der Waals surface area contributed by atoms with E-state index in [0.29, 0.717) is 11.5 Å². The zero-order chi connectivity index (χ0) is 12.5. The lowest BCUT2D eigenvalue weighted by atomic mass is 10.1. The molecule has 17 heavy (non-hydrogen) atoms. The highest BCUT2D eigenvalue weighted by molar-refractivity contribution is 6.47. The average Bonchev–Trinajstić information content (AvgIpc) is 2.59. The number of benzene rings is 1. The molecular formula is C12H15N3O2. The molecule has 0 amide bonds. The zero-order valence-electron chi connectivity index (χ0n) is 10.1. The molecule has 1 N–H and O–H groups in total. The Hall–Kier alpha value is -2.04. The molecule has 0 unspecified atom stereocenters. The van der Waals surface area contributed by atoms with E-state index in [1.807, 2.05) is 56.1 Å². The third-order valence-corrected chi connectivity index (χ3v) is 2.84. The molecule has 0 spiro atoms. The van der Waals surface area contributed by atoms with Crippen LogP contribution in [-0.4, -0.2) is 34.4 Å². The maximum Gasteiger partial charge on any atom is 0.205 e. The van der Waals surface area contributed by atoms with Gasteiger partial charge < -0.3 is 14.9 Å². The summed E-state index contributed by atoms with van der Waals surface area (Å²) < 4.78 is 0. The topological polar surface area (TPSA) is 57.4 Å². The van der Waals surface area contributed by atoms with E-state index in [4.69, 9.17) is 10.0 Å². The number of oxime groups is 2. The van der Waals surface area contributed by atoms with Gasteiger partial charge in [-0.1, -0.05) is 40.6 Å². The lowest BCUT2D eigenvalue weighted by Crippen LogP contribution is -2.43. The maximum absolute atomic E-state index is 9.15. The summed E-state index contributed by atoms with van der Waals surface area (Å²) >= 11 is 0. The lowest BCUT2D eigenvalue weighted by molar-refractivity contribution is -0.0591. The van der Waals surface area contributed by atoms with Crippen LogP contribution in [0.2, 0.25) is 0 Å². The van der Waals surface area contributed by atoms with Crippen molar-refractivity contribution in [3.63, 3.8) is 0 Å². The molecule has 5 heteroatoms. The molecule has 0 atom stereocenters. The second-order valence-corrected chi connectivity index (χ2v) is 4.33. The van der Waals surface area contributed by atoms with Crippen molar-refractivity contribution in [2.75, 3.05) is 7.05 Å². The summed E-state index contributed by atoms with van der Waals surface area (Å²) in [7, 11) is 1.85. The van der Waals surface area contributed by atoms with E-state index in [-0.39, 0.29) is 0 Å². The summed E-state index contributed by atoms with van der Waals surface area (Å²) in [4.78, 5) is 7.12. The molecule has 0 fully saturated rings. The second kappa shape index (κ2) is 4.08. The van der Waals surface area contributed by atoms with Gasteiger partial charge in [-0.3, -0.25) is 0 Å². The van der Waals surface area contributed by atoms with Gasteiger partial charge >= 0.3 is 0 Å². The quantitative estimate of drug-likeness (QED) is 0.482. The Morgan fingerprint density at radius 3 is 2.47 bits per heavy atom. The van der Waals surface area contributed by atoms with E-state index >= 15 is 0 Å². The SMILES string of the molecule is CN1C(/C(=N\O)c2ccccc2)=NOC1(C)C. The molecule has 5 nitrogen and oxygen atoms in total. The van der Waals surface area contributed by atoms with Crippen molar-refractivity contribution in [1.29, 1.82) is 0 Å². The molecular weight excluding hydrogens is 218 g/mol. The second-order valence-electron chi connectivity index (χ2n) is 4.33. The van der Waals surface area contributed by atoms with Crippen molar-refractivity contribution in [1.82, 2.24) is 4.90 Å². The number of rotatable bonds is 2. The van der Waals surface area contributed by atoms with Gasteiger partial charge in [-0.2, -0.15) is 0 Å². The van der Waals surface area contributed by atoms with Crippen molar-refractivity contribution in [2.24, 2.45) is 10.3 Å². The van der Waals surface area contributed by atoms with Crippen molar-refractivity contribution in [2.45, 2.75) is 19.6 Å². The highest BCUT2D eigenvalue weighted by atomic mass is 16.7. The first kappa shape index (κ1) is 11.4. The summed E-state index contributed by atoms with van der Waals surface area (Å²) in [5.41, 5.74) is 0.667. The van der Waals surface area contributed by atoms with Crippen molar-refractivity contribution in [3.8, 4) is 0 Å². The Labute approximate surface area is 100.0 Å². The minimum Gasteiger partial charge on any atom is -0.410 e. The molecule has 0 saturated heterocycles. The van der Waals surface area contributed by atoms with Gasteiger partial charge in [-0.15, -0.1) is 0 Å². The van der Waals surface area contributed by atoms with E-state index in [1.165, 1.54) is 0 Å². The summed E-state index contributed by atoms with van der Waals surface area (Å²) in [5.74, 6) is 0.517. The number of hydrogen-bond acceptors (Lipinski definition) is 5. The van der Waals surface area contributed by atoms with Crippen LogP contribution in [0.3, 0.4) is 0 Å². The molecule has 1 aliphatic rings. The summed E-state index contributed by atoms with van der Waals surface area (Å²) in [6, 6.07) is 9.37. The van der Waals surface area contributed by atoms with Gasteiger partial charge in [0.1, 0.15) is 0 Å². The van der Waals surface area contributed by atoms with Crippen LogP contribution in [0.5, 0.6) is 0 Å². The predicted molar refractivity (Wildman–Crippen MR) is 65.1 cm³/mol. The highest BCUT2D eigenvalue weighted by Gasteiger charge is 2.37. The summed E-state index contributed by atoms with van der Waals surface area (Å²) in [6.45, 7) is 3.78. The van der Waals surface area contributed by atoms with Gasteiger partial charge in [0, 0.05) is 12.6 Å². The Morgan fingerprint density at radius 1 is 1.35 bits per heavy atom. The Bertz CT molecular complexity index is 466. The summed E-state index contributed by atoms with van der Waals surface area (Å²) in [6.07, 6.45) is 0. The summed E-state index contributed by atoms with van der Waals surface area (Å²) in [5, 5.41) is 16.4. The average molecular weight is 233 g/mol. The highest BCUT2D eigenvalue weighted by Crippen LogP contribution is 2.23. The molecule has 0 bridgehead atoms. The van der Waals surface area contributed by atoms with Crippen LogP contribution in [0.15, 0.2) is 40.6 Å². The normalized spacial score (nSPS) is 18.9. The fourth-order valence-electron chi connectivity index (χ4n) is 1.56. The predicted octanol–water partition coefficient (Wildman–Crippen LogP) is 1.88. The number of likely N-dealkylation sites (N-methyl/N-ethyl adjacent to an activating group) is 1. The van der Waals surface area contributed by atoms with Crippen LogP contribution in [0.1, 0.15) is 19.4 Å². The van der Waals surface area contributed by atoms with Crippen molar-refractivity contribution in [3.05, 3.63) is 35.9 Å². The fourth-order valence-corrected chi connectivity index (χ4v) is 1.56. The standard InChI is InChI=1S/C12H15N3O2/c1-12(2)15(3)11(14-17-12)10(13-16)9-7-5-4-6-8-9/h4-8,16H,1-3H3/b13-10-. The monoisotopic (exact) mass is 233 g/mol. The first-order chi connectivity index (χ1) is 8.06. The Kier molecular flexibility index (Phi) is 2.75. The molecule has 90 valence electrons. The van der Waals surface area contributed by atoms with Crippen LogP contribution in [0, 0.1) is 0 Å².